The third-order valence-corrected chi connectivity index (χ3v) is 2.29. The fourth-order valence-corrected chi connectivity index (χ4v) is 1.10. The number of hydrogen-bond acceptors (Lipinski definition) is 3. The summed E-state index contributed by atoms with van der Waals surface area (Å²) in [6.45, 7) is 5.56. The molecule has 100 valence electrons. The predicted molar refractivity (Wildman–Crippen MR) is 60.3 cm³/mol. The van der Waals surface area contributed by atoms with Crippen LogP contribution in [0.15, 0.2) is 0 Å². The summed E-state index contributed by atoms with van der Waals surface area (Å²) in [5.41, 5.74) is 0. The highest BCUT2D eigenvalue weighted by Crippen LogP contribution is 2.30. The van der Waals surface area contributed by atoms with Crippen LogP contribution >= 0.6 is 15.9 Å². The minimum atomic E-state index is -4.11. The lowest BCUT2D eigenvalue weighted by molar-refractivity contribution is -0.199. The summed E-state index contributed by atoms with van der Waals surface area (Å²) >= 11 is 2.96. The summed E-state index contributed by atoms with van der Waals surface area (Å²) in [6.07, 6.45) is -2.00. The fourth-order valence-electron chi connectivity index (χ4n) is 1.01. The van der Waals surface area contributed by atoms with Crippen molar-refractivity contribution in [3.63, 3.8) is 0 Å². The molecule has 0 aromatic carbocycles. The molecule has 1 atom stereocenters. The lowest BCUT2D eigenvalue weighted by atomic mass is 10.0. The number of carboxylic acid groups (broad SMARTS) is 1. The highest BCUT2D eigenvalue weighted by atomic mass is 79.9. The second-order valence-corrected chi connectivity index (χ2v) is 6.45. The molecule has 0 aliphatic heterocycles. The maximum absolute atomic E-state index is 13.3. The van der Waals surface area contributed by atoms with Gasteiger partial charge in [-0.2, -0.15) is 8.78 Å². The van der Waals surface area contributed by atoms with E-state index in [4.69, 9.17) is 5.11 Å². The Labute approximate surface area is 106 Å². The first kappa shape index (κ1) is 16.3. The second kappa shape index (κ2) is 5.29. The third kappa shape index (κ3) is 4.22. The van der Waals surface area contributed by atoms with Crippen molar-refractivity contribution in [3.8, 4) is 0 Å². The van der Waals surface area contributed by atoms with Gasteiger partial charge in [-0.15, -0.1) is 0 Å². The summed E-state index contributed by atoms with van der Waals surface area (Å²) in [7, 11) is 0. The van der Waals surface area contributed by atoms with Crippen molar-refractivity contribution >= 4 is 27.9 Å². The zero-order valence-electron chi connectivity index (χ0n) is 9.96. The van der Waals surface area contributed by atoms with Gasteiger partial charge in [-0.1, -0.05) is 29.8 Å². The molecule has 0 aromatic rings. The predicted octanol–water partition coefficient (Wildman–Crippen LogP) is 2.45. The summed E-state index contributed by atoms with van der Waals surface area (Å²) in [5.74, 6) is -8.17. The molecule has 0 spiro atoms. The Hall–Kier alpha value is -0.720. The van der Waals surface area contributed by atoms with Crippen LogP contribution in [-0.2, 0) is 14.3 Å². The van der Waals surface area contributed by atoms with Gasteiger partial charge in [-0.05, 0) is 19.8 Å². The molecule has 0 aliphatic rings. The van der Waals surface area contributed by atoms with Crippen LogP contribution in [0.25, 0.3) is 0 Å². The van der Waals surface area contributed by atoms with E-state index in [1.807, 2.05) is 0 Å². The molecule has 0 saturated carbocycles. The van der Waals surface area contributed by atoms with Gasteiger partial charge in [-0.3, -0.25) is 4.79 Å². The number of carboxylic acids is 1. The first-order chi connectivity index (χ1) is 7.40. The number of carbonyl (C=O) groups excluding carboxylic acids is 1. The van der Waals surface area contributed by atoms with Gasteiger partial charge >= 0.3 is 17.9 Å². The van der Waals surface area contributed by atoms with E-state index in [0.29, 0.717) is 0 Å². The van der Waals surface area contributed by atoms with Crippen molar-refractivity contribution in [2.45, 2.75) is 44.0 Å². The first-order valence-electron chi connectivity index (χ1n) is 4.92. The minimum Gasteiger partial charge on any atom is -0.477 e. The highest BCUT2D eigenvalue weighted by molar-refractivity contribution is 9.10. The van der Waals surface area contributed by atoms with Crippen molar-refractivity contribution in [2.75, 3.05) is 0 Å². The van der Waals surface area contributed by atoms with Crippen LogP contribution in [0.2, 0.25) is 0 Å². The minimum absolute atomic E-state index is 0.820. The average Bonchev–Trinajstić information content (AvgIpc) is 2.10. The molecule has 0 fully saturated rings. The van der Waals surface area contributed by atoms with Crippen LogP contribution in [0, 0.1) is 5.92 Å². The van der Waals surface area contributed by atoms with Crippen LogP contribution in [0.5, 0.6) is 0 Å². The van der Waals surface area contributed by atoms with E-state index in [-0.39, 0.29) is 0 Å². The number of alkyl halides is 3. The third-order valence-electron chi connectivity index (χ3n) is 1.97. The van der Waals surface area contributed by atoms with Crippen molar-refractivity contribution in [1.82, 2.24) is 0 Å². The van der Waals surface area contributed by atoms with Crippen molar-refractivity contribution < 1.29 is 28.2 Å². The number of rotatable bonds is 5. The quantitative estimate of drug-likeness (QED) is 0.625. The van der Waals surface area contributed by atoms with Gasteiger partial charge in [0.2, 0.25) is 0 Å². The van der Waals surface area contributed by atoms with Gasteiger partial charge in [0.1, 0.15) is 4.32 Å². The Morgan fingerprint density at radius 1 is 1.29 bits per heavy atom. The van der Waals surface area contributed by atoms with Gasteiger partial charge in [0.05, 0.1) is 0 Å². The molecule has 0 bridgehead atoms. The van der Waals surface area contributed by atoms with E-state index in [9.17, 15) is 18.4 Å². The molecule has 0 radical (unpaired) electrons. The lowest BCUT2D eigenvalue weighted by Gasteiger charge is -2.28. The summed E-state index contributed by atoms with van der Waals surface area (Å²) in [4.78, 5) is 21.9. The van der Waals surface area contributed by atoms with Crippen molar-refractivity contribution in [1.29, 1.82) is 0 Å². The average molecular weight is 317 g/mol. The molecule has 1 N–H and O–H groups in total. The first-order valence-corrected chi connectivity index (χ1v) is 5.71. The summed E-state index contributed by atoms with van der Waals surface area (Å²) in [6, 6.07) is 0. The monoisotopic (exact) mass is 316 g/mol. The Balaban J connectivity index is 5.04. The summed E-state index contributed by atoms with van der Waals surface area (Å²) in [5, 5.41) is 8.42. The molecule has 0 aromatic heterocycles. The van der Waals surface area contributed by atoms with E-state index >= 15 is 0 Å². The van der Waals surface area contributed by atoms with Crippen LogP contribution < -0.4 is 0 Å². The fraction of sp³-hybridized carbons (Fsp3) is 0.800. The Bertz CT molecular complexity index is 310. The Kier molecular flexibility index (Phi) is 5.06. The topological polar surface area (TPSA) is 63.6 Å². The smallest absolute Gasteiger partial charge is 0.378 e. The SMILES string of the molecule is CC(C)C(OC(=O)C(C)(C)Br)C(F)(F)C(=O)O. The van der Waals surface area contributed by atoms with Gasteiger partial charge < -0.3 is 9.84 Å². The van der Waals surface area contributed by atoms with Crippen LogP contribution in [-0.4, -0.2) is 33.4 Å². The maximum atomic E-state index is 13.3. The largest absolute Gasteiger partial charge is 0.477 e. The number of aliphatic carboxylic acids is 1. The number of halogens is 3. The molecule has 0 rings (SSSR count). The normalized spacial score (nSPS) is 14.6. The molecule has 7 heteroatoms. The molecular formula is C10H15BrF2O4. The molecule has 17 heavy (non-hydrogen) atoms. The molecule has 0 saturated heterocycles. The molecule has 1 unspecified atom stereocenters. The zero-order chi connectivity index (χ0) is 14.0. The highest BCUT2D eigenvalue weighted by Gasteiger charge is 2.52. The molecule has 0 amide bonds. The van der Waals surface area contributed by atoms with Gasteiger partial charge in [0.25, 0.3) is 0 Å². The van der Waals surface area contributed by atoms with Crippen molar-refractivity contribution in [2.24, 2.45) is 5.92 Å². The van der Waals surface area contributed by atoms with Gasteiger partial charge in [-0.25, -0.2) is 4.79 Å². The number of hydrogen-bond donors (Lipinski definition) is 1. The molecular weight excluding hydrogens is 302 g/mol. The van der Waals surface area contributed by atoms with Crippen LogP contribution in [0.1, 0.15) is 27.7 Å². The standard InChI is InChI=1S/C10H15BrF2O4/c1-5(2)6(10(12,13)7(14)15)17-8(16)9(3,4)11/h5-6H,1-4H3,(H,14,15). The number of ether oxygens (including phenoxy) is 1. The van der Waals surface area contributed by atoms with E-state index in [1.54, 1.807) is 0 Å². The van der Waals surface area contributed by atoms with Crippen LogP contribution in [0.4, 0.5) is 8.78 Å². The molecule has 0 heterocycles. The lowest BCUT2D eigenvalue weighted by Crippen LogP contribution is -2.48. The second-order valence-electron chi connectivity index (χ2n) is 4.47. The Morgan fingerprint density at radius 3 is 1.94 bits per heavy atom. The van der Waals surface area contributed by atoms with Crippen molar-refractivity contribution in [3.05, 3.63) is 0 Å². The van der Waals surface area contributed by atoms with Gasteiger partial charge in [0.15, 0.2) is 6.10 Å². The van der Waals surface area contributed by atoms with E-state index < -0.39 is 34.2 Å². The number of carbonyl (C=O) groups is 2. The van der Waals surface area contributed by atoms with Gasteiger partial charge in [0, 0.05) is 0 Å². The van der Waals surface area contributed by atoms with Crippen LogP contribution in [0.3, 0.4) is 0 Å². The van der Waals surface area contributed by atoms with E-state index in [1.165, 1.54) is 27.7 Å². The van der Waals surface area contributed by atoms with E-state index in [0.717, 1.165) is 0 Å². The van der Waals surface area contributed by atoms with E-state index in [2.05, 4.69) is 20.7 Å². The Morgan fingerprint density at radius 2 is 1.71 bits per heavy atom. The molecule has 0 aliphatic carbocycles. The number of esters is 1. The summed E-state index contributed by atoms with van der Waals surface area (Å²) < 4.78 is 30.1. The molecule has 4 nitrogen and oxygen atoms in total. The zero-order valence-corrected chi connectivity index (χ0v) is 11.5. The maximum Gasteiger partial charge on any atom is 0.378 e.